The van der Waals surface area contributed by atoms with Gasteiger partial charge in [0.05, 0.1) is 41.6 Å². The first kappa shape index (κ1) is 24.2. The zero-order chi connectivity index (χ0) is 26.8. The second-order valence-corrected chi connectivity index (χ2v) is 10.1. The number of carbonyl (C=O) groups excluding carboxylic acids is 1. The van der Waals surface area contributed by atoms with E-state index in [9.17, 15) is 14.4 Å². The van der Waals surface area contributed by atoms with Gasteiger partial charge in [-0.3, -0.25) is 14.5 Å². The topological polar surface area (TPSA) is 107 Å². The second kappa shape index (κ2) is 8.70. The first-order valence-electron chi connectivity index (χ1n) is 12.1. The Morgan fingerprint density at radius 2 is 2.08 bits per heavy atom. The molecule has 0 radical (unpaired) electrons. The van der Waals surface area contributed by atoms with Gasteiger partial charge in [0.25, 0.3) is 5.91 Å². The van der Waals surface area contributed by atoms with E-state index >= 15 is 4.39 Å². The normalized spacial score (nSPS) is 18.1. The molecule has 1 saturated heterocycles. The molecule has 0 bridgehead atoms. The van der Waals surface area contributed by atoms with Crippen LogP contribution in [0.1, 0.15) is 35.3 Å². The minimum atomic E-state index is -0.743. The molecule has 13 heteroatoms. The quantitative estimate of drug-likeness (QED) is 0.376. The van der Waals surface area contributed by atoms with Crippen molar-refractivity contribution >= 4 is 46.3 Å². The highest BCUT2D eigenvalue weighted by Gasteiger charge is 2.52. The molecule has 1 atom stereocenters. The second-order valence-electron chi connectivity index (χ2n) is 9.92. The van der Waals surface area contributed by atoms with Crippen LogP contribution in [0.5, 0.6) is 0 Å². The zero-order valence-electron chi connectivity index (χ0n) is 20.6. The molecular weight excluding hydrogens is 512 g/mol. The van der Waals surface area contributed by atoms with Crippen molar-refractivity contribution < 1.29 is 13.6 Å². The van der Waals surface area contributed by atoms with Crippen LogP contribution in [-0.4, -0.2) is 54.8 Å². The number of pyridine rings is 1. The van der Waals surface area contributed by atoms with Crippen LogP contribution in [0.25, 0.3) is 16.6 Å². The largest absolute Gasteiger partial charge is 0.369 e. The van der Waals surface area contributed by atoms with Gasteiger partial charge >= 0.3 is 0 Å². The number of anilines is 2. The van der Waals surface area contributed by atoms with Gasteiger partial charge in [0.2, 0.25) is 0 Å². The molecular formula is C25H23F2N9OS. The Hall–Kier alpha value is -4.18. The number of rotatable bonds is 6. The summed E-state index contributed by atoms with van der Waals surface area (Å²) < 4.78 is 37.1. The Morgan fingerprint density at radius 1 is 1.29 bits per heavy atom. The van der Waals surface area contributed by atoms with E-state index in [4.69, 9.17) is 12.4 Å². The maximum absolute atomic E-state index is 15.6. The summed E-state index contributed by atoms with van der Waals surface area (Å²) in [6, 6.07) is 4.73. The molecule has 10 nitrogen and oxygen atoms in total. The number of fused-ring (bicyclic) bond motifs is 2. The number of imidazole rings is 1. The zero-order valence-corrected chi connectivity index (χ0v) is 21.5. The third-order valence-corrected chi connectivity index (χ3v) is 7.44. The predicted octanol–water partition coefficient (Wildman–Crippen LogP) is 3.64. The number of amides is 1. The van der Waals surface area contributed by atoms with Gasteiger partial charge in [0.15, 0.2) is 11.5 Å². The number of benzene rings is 1. The number of halogens is 2. The SMILES string of the molecule is Cc1cn2cc(NC(=O)c3c(F)cc(N4CC[C@@H](N(N=S)C5(C#N)CC5)C4)c4cn(C)nc34)cc(F)c2n1. The number of nitrogens with zero attached hydrogens (tertiary/aromatic N) is 8. The number of nitrogens with one attached hydrogen (secondary N) is 1. The lowest BCUT2D eigenvalue weighted by atomic mass is 10.1. The van der Waals surface area contributed by atoms with Gasteiger partial charge in [-0.15, -0.1) is 4.47 Å². The monoisotopic (exact) mass is 535 g/mol. The molecule has 4 aromatic rings. The van der Waals surface area contributed by atoms with Gasteiger partial charge in [-0.2, -0.15) is 10.4 Å². The van der Waals surface area contributed by atoms with Crippen molar-refractivity contribution in [2.75, 3.05) is 23.3 Å². The van der Waals surface area contributed by atoms with Crippen molar-refractivity contribution in [3.63, 3.8) is 0 Å². The molecule has 2 fully saturated rings. The Balaban J connectivity index is 1.32. The molecule has 2 aliphatic rings. The molecule has 1 aliphatic carbocycles. The van der Waals surface area contributed by atoms with Crippen molar-refractivity contribution in [1.82, 2.24) is 24.2 Å². The number of aromatic nitrogens is 4. The van der Waals surface area contributed by atoms with Crippen LogP contribution in [0.3, 0.4) is 0 Å². The maximum Gasteiger partial charge on any atom is 0.260 e. The van der Waals surface area contributed by atoms with E-state index < -0.39 is 23.1 Å². The standard InChI is InChI=1S/C25H23F2N9OS/c1-14-9-35-10-15(7-19(27)23(35)29-14)30-24(37)21-18(26)8-20(17-12-33(2)31-22(17)21)34-6-3-16(11-34)36(32-38)25(13-28)4-5-25/h7-10,12,16H,3-6,11H2,1-2H3,(H,30,37)/t16-/m1/s1. The van der Waals surface area contributed by atoms with Crippen LogP contribution in [0, 0.1) is 29.9 Å². The van der Waals surface area contributed by atoms with E-state index in [0.29, 0.717) is 36.3 Å². The van der Waals surface area contributed by atoms with Crippen molar-refractivity contribution in [3.8, 4) is 6.07 Å². The lowest BCUT2D eigenvalue weighted by molar-refractivity contribution is 0.102. The highest BCUT2D eigenvalue weighted by atomic mass is 32.1. The van der Waals surface area contributed by atoms with Gasteiger partial charge in [0, 0.05) is 50.2 Å². The van der Waals surface area contributed by atoms with E-state index in [0.717, 1.165) is 18.9 Å². The van der Waals surface area contributed by atoms with Gasteiger partial charge in [-0.1, -0.05) is 0 Å². The molecule has 1 saturated carbocycles. The van der Waals surface area contributed by atoms with Crippen LogP contribution >= 0.6 is 0 Å². The summed E-state index contributed by atoms with van der Waals surface area (Å²) in [7, 11) is 1.70. The Bertz CT molecular complexity index is 1670. The van der Waals surface area contributed by atoms with Crippen molar-refractivity contribution in [2.45, 2.75) is 37.8 Å². The predicted molar refractivity (Wildman–Crippen MR) is 138 cm³/mol. The smallest absolute Gasteiger partial charge is 0.260 e. The number of aryl methyl sites for hydroxylation is 2. The average molecular weight is 536 g/mol. The average Bonchev–Trinajstić information content (AvgIpc) is 3.14. The summed E-state index contributed by atoms with van der Waals surface area (Å²) in [6.07, 6.45) is 7.04. The number of hydrogen-bond acceptors (Lipinski definition) is 7. The van der Waals surface area contributed by atoms with E-state index in [1.807, 2.05) is 4.90 Å². The Morgan fingerprint density at radius 3 is 2.79 bits per heavy atom. The van der Waals surface area contributed by atoms with Crippen molar-refractivity contribution in [3.05, 3.63) is 53.6 Å². The summed E-state index contributed by atoms with van der Waals surface area (Å²) >= 11 is 4.99. The minimum absolute atomic E-state index is 0.0796. The van der Waals surface area contributed by atoms with Crippen molar-refractivity contribution in [2.24, 2.45) is 11.5 Å². The molecule has 0 unspecified atom stereocenters. The third kappa shape index (κ3) is 3.83. The molecule has 1 aliphatic heterocycles. The van der Waals surface area contributed by atoms with E-state index in [2.05, 4.69) is 25.9 Å². The van der Waals surface area contributed by atoms with E-state index in [1.165, 1.54) is 21.3 Å². The van der Waals surface area contributed by atoms with Gasteiger partial charge in [0.1, 0.15) is 22.4 Å². The lowest BCUT2D eigenvalue weighted by Gasteiger charge is -2.29. The fraction of sp³-hybridized carbons (Fsp3) is 0.360. The first-order chi connectivity index (χ1) is 18.2. The lowest BCUT2D eigenvalue weighted by Crippen LogP contribution is -2.41. The maximum atomic E-state index is 15.6. The summed E-state index contributed by atoms with van der Waals surface area (Å²) in [5.74, 6) is -2.09. The van der Waals surface area contributed by atoms with Crippen LogP contribution in [0.2, 0.25) is 0 Å². The van der Waals surface area contributed by atoms with Crippen LogP contribution in [0.15, 0.2) is 35.2 Å². The van der Waals surface area contributed by atoms with Gasteiger partial charge < -0.3 is 14.6 Å². The van der Waals surface area contributed by atoms with Crippen LogP contribution in [-0.2, 0) is 19.5 Å². The molecule has 6 rings (SSSR count). The molecule has 1 aromatic carbocycles. The summed E-state index contributed by atoms with van der Waals surface area (Å²) in [5.41, 5.74) is 0.838. The number of carbonyl (C=O) groups is 1. The van der Waals surface area contributed by atoms with Crippen LogP contribution in [0.4, 0.5) is 20.2 Å². The molecule has 38 heavy (non-hydrogen) atoms. The first-order valence-corrected chi connectivity index (χ1v) is 12.5. The molecule has 4 heterocycles. The van der Waals surface area contributed by atoms with E-state index in [1.54, 1.807) is 31.4 Å². The van der Waals surface area contributed by atoms with Gasteiger partial charge in [-0.25, -0.2) is 13.8 Å². The molecule has 1 N–H and O–H groups in total. The highest BCUT2D eigenvalue weighted by Crippen LogP contribution is 2.44. The Kier molecular flexibility index (Phi) is 5.53. The summed E-state index contributed by atoms with van der Waals surface area (Å²) in [4.78, 5) is 19.4. The third-order valence-electron chi connectivity index (χ3n) is 7.26. The van der Waals surface area contributed by atoms with E-state index in [-0.39, 0.29) is 28.5 Å². The molecule has 194 valence electrons. The summed E-state index contributed by atoms with van der Waals surface area (Å²) in [6.45, 7) is 2.84. The fourth-order valence-corrected chi connectivity index (χ4v) is 5.62. The summed E-state index contributed by atoms with van der Waals surface area (Å²) in [5, 5.41) is 18.9. The number of hydrogen-bond donors (Lipinski definition) is 1. The van der Waals surface area contributed by atoms with Crippen molar-refractivity contribution in [1.29, 1.82) is 5.26 Å². The fourth-order valence-electron chi connectivity index (χ4n) is 5.33. The molecule has 1 amide bonds. The molecule has 0 spiro atoms. The Labute approximate surface area is 221 Å². The molecule has 3 aromatic heterocycles. The van der Waals surface area contributed by atoms with Gasteiger partial charge in [-0.05, 0) is 32.3 Å². The minimum Gasteiger partial charge on any atom is -0.369 e. The van der Waals surface area contributed by atoms with Crippen LogP contribution < -0.4 is 10.2 Å². The number of nitriles is 1. The highest BCUT2D eigenvalue weighted by molar-refractivity contribution is 7.47.